The minimum absolute atomic E-state index is 0.346. The molecule has 0 radical (unpaired) electrons. The highest BCUT2D eigenvalue weighted by atomic mass is 32.1. The van der Waals surface area contributed by atoms with Gasteiger partial charge in [0.2, 0.25) is 0 Å². The van der Waals surface area contributed by atoms with Gasteiger partial charge in [-0.3, -0.25) is 0 Å². The molecule has 1 aliphatic heterocycles. The SMILES string of the molecule is OC1CCCc2sc(N3CCc4ccccc4C3)nc21. The van der Waals surface area contributed by atoms with Crippen molar-refractivity contribution in [1.82, 2.24) is 4.98 Å². The van der Waals surface area contributed by atoms with Crippen molar-refractivity contribution in [2.24, 2.45) is 0 Å². The summed E-state index contributed by atoms with van der Waals surface area (Å²) in [5, 5.41) is 11.1. The summed E-state index contributed by atoms with van der Waals surface area (Å²) < 4.78 is 0. The standard InChI is InChI=1S/C16H18N2OS/c19-13-6-3-7-14-15(13)17-16(20-14)18-9-8-11-4-1-2-5-12(11)10-18/h1-2,4-5,13,19H,3,6-10H2. The van der Waals surface area contributed by atoms with Gasteiger partial charge in [0, 0.05) is 18.0 Å². The highest BCUT2D eigenvalue weighted by Crippen LogP contribution is 2.37. The number of aliphatic hydroxyl groups is 1. The molecule has 0 saturated carbocycles. The van der Waals surface area contributed by atoms with Crippen LogP contribution in [-0.4, -0.2) is 16.6 Å². The molecular weight excluding hydrogens is 268 g/mol. The minimum Gasteiger partial charge on any atom is -0.387 e. The fraction of sp³-hybridized carbons (Fsp3) is 0.438. The van der Waals surface area contributed by atoms with Crippen LogP contribution in [0.5, 0.6) is 0 Å². The van der Waals surface area contributed by atoms with Crippen LogP contribution in [0.1, 0.15) is 40.6 Å². The molecule has 104 valence electrons. The summed E-state index contributed by atoms with van der Waals surface area (Å²) in [6.07, 6.45) is 3.76. The number of benzene rings is 1. The number of aromatic nitrogens is 1. The molecule has 3 nitrogen and oxygen atoms in total. The van der Waals surface area contributed by atoms with Gasteiger partial charge in [0.1, 0.15) is 0 Å². The summed E-state index contributed by atoms with van der Waals surface area (Å²) >= 11 is 1.78. The maximum atomic E-state index is 10.1. The average molecular weight is 286 g/mol. The minimum atomic E-state index is -0.346. The van der Waals surface area contributed by atoms with Crippen molar-refractivity contribution in [1.29, 1.82) is 0 Å². The van der Waals surface area contributed by atoms with Gasteiger partial charge in [-0.15, -0.1) is 11.3 Å². The fourth-order valence-electron chi connectivity index (χ4n) is 3.18. The van der Waals surface area contributed by atoms with E-state index in [1.165, 1.54) is 16.0 Å². The molecule has 1 aromatic carbocycles. The van der Waals surface area contributed by atoms with Crippen LogP contribution in [0.25, 0.3) is 0 Å². The van der Waals surface area contributed by atoms with E-state index in [1.807, 2.05) is 0 Å². The van der Waals surface area contributed by atoms with Crippen LogP contribution in [0.2, 0.25) is 0 Å². The van der Waals surface area contributed by atoms with Crippen LogP contribution in [0.4, 0.5) is 5.13 Å². The van der Waals surface area contributed by atoms with Crippen LogP contribution in [0.3, 0.4) is 0 Å². The Hall–Kier alpha value is -1.39. The zero-order valence-electron chi connectivity index (χ0n) is 11.4. The van der Waals surface area contributed by atoms with Crippen molar-refractivity contribution in [3.05, 3.63) is 46.0 Å². The molecule has 2 heterocycles. The summed E-state index contributed by atoms with van der Waals surface area (Å²) in [5.74, 6) is 0. The van der Waals surface area contributed by atoms with E-state index in [0.29, 0.717) is 0 Å². The van der Waals surface area contributed by atoms with E-state index in [0.717, 1.165) is 49.6 Å². The van der Waals surface area contributed by atoms with Crippen molar-refractivity contribution in [3.8, 4) is 0 Å². The van der Waals surface area contributed by atoms with Crippen molar-refractivity contribution in [2.45, 2.75) is 38.3 Å². The van der Waals surface area contributed by atoms with Crippen molar-refractivity contribution in [2.75, 3.05) is 11.4 Å². The molecule has 1 aromatic heterocycles. The Morgan fingerprint density at radius 3 is 2.90 bits per heavy atom. The zero-order valence-corrected chi connectivity index (χ0v) is 12.2. The third-order valence-corrected chi connectivity index (χ3v) is 5.51. The van der Waals surface area contributed by atoms with Crippen LogP contribution >= 0.6 is 11.3 Å². The number of hydrogen-bond acceptors (Lipinski definition) is 4. The van der Waals surface area contributed by atoms with Gasteiger partial charge < -0.3 is 10.0 Å². The Morgan fingerprint density at radius 1 is 1.20 bits per heavy atom. The molecule has 20 heavy (non-hydrogen) atoms. The van der Waals surface area contributed by atoms with Gasteiger partial charge in [0.05, 0.1) is 11.8 Å². The van der Waals surface area contributed by atoms with E-state index in [4.69, 9.17) is 4.98 Å². The maximum Gasteiger partial charge on any atom is 0.186 e. The largest absolute Gasteiger partial charge is 0.387 e. The van der Waals surface area contributed by atoms with Crippen LogP contribution in [-0.2, 0) is 19.4 Å². The van der Waals surface area contributed by atoms with E-state index in [1.54, 1.807) is 11.3 Å². The number of aliphatic hydroxyl groups excluding tert-OH is 1. The highest BCUT2D eigenvalue weighted by molar-refractivity contribution is 7.15. The number of rotatable bonds is 1. The van der Waals surface area contributed by atoms with Crippen LogP contribution < -0.4 is 4.90 Å². The Kier molecular flexibility index (Phi) is 3.00. The second-order valence-electron chi connectivity index (χ2n) is 5.65. The Morgan fingerprint density at radius 2 is 2.05 bits per heavy atom. The van der Waals surface area contributed by atoms with Crippen molar-refractivity contribution < 1.29 is 5.11 Å². The first kappa shape index (κ1) is 12.4. The molecule has 1 N–H and O–H groups in total. The van der Waals surface area contributed by atoms with Gasteiger partial charge in [-0.2, -0.15) is 0 Å². The van der Waals surface area contributed by atoms with Gasteiger partial charge in [0.15, 0.2) is 5.13 Å². The maximum absolute atomic E-state index is 10.1. The predicted molar refractivity (Wildman–Crippen MR) is 81.2 cm³/mol. The normalized spacial score (nSPS) is 21.4. The van der Waals surface area contributed by atoms with E-state index in [2.05, 4.69) is 29.2 Å². The molecule has 0 saturated heterocycles. The quantitative estimate of drug-likeness (QED) is 0.875. The summed E-state index contributed by atoms with van der Waals surface area (Å²) in [4.78, 5) is 8.37. The summed E-state index contributed by atoms with van der Waals surface area (Å²) in [7, 11) is 0. The molecular formula is C16H18N2OS. The first-order valence-corrected chi connectivity index (χ1v) is 8.12. The van der Waals surface area contributed by atoms with E-state index < -0.39 is 0 Å². The van der Waals surface area contributed by atoms with E-state index >= 15 is 0 Å². The number of fused-ring (bicyclic) bond motifs is 2. The van der Waals surface area contributed by atoms with Gasteiger partial charge in [0.25, 0.3) is 0 Å². The lowest BCUT2D eigenvalue weighted by Crippen LogP contribution is -2.30. The lowest BCUT2D eigenvalue weighted by atomic mass is 10.00. The molecule has 4 rings (SSSR count). The van der Waals surface area contributed by atoms with Crippen molar-refractivity contribution in [3.63, 3.8) is 0 Å². The molecule has 0 spiro atoms. The van der Waals surface area contributed by atoms with Gasteiger partial charge >= 0.3 is 0 Å². The Bertz CT molecular complexity index is 637. The molecule has 1 aliphatic carbocycles. The first-order valence-electron chi connectivity index (χ1n) is 7.30. The molecule has 0 fully saturated rings. The van der Waals surface area contributed by atoms with Crippen LogP contribution in [0, 0.1) is 0 Å². The summed E-state index contributed by atoms with van der Waals surface area (Å²) in [5.41, 5.74) is 3.81. The third-order valence-electron chi connectivity index (χ3n) is 4.31. The average Bonchev–Trinajstić information content (AvgIpc) is 2.92. The smallest absolute Gasteiger partial charge is 0.186 e. The Labute approximate surface area is 122 Å². The van der Waals surface area contributed by atoms with E-state index in [-0.39, 0.29) is 6.10 Å². The van der Waals surface area contributed by atoms with E-state index in [9.17, 15) is 5.11 Å². The topological polar surface area (TPSA) is 36.4 Å². The summed E-state index contributed by atoms with van der Waals surface area (Å²) in [6.45, 7) is 1.97. The van der Waals surface area contributed by atoms with Crippen molar-refractivity contribution >= 4 is 16.5 Å². The lowest BCUT2D eigenvalue weighted by Gasteiger charge is -2.28. The number of nitrogens with zero attached hydrogens (tertiary/aromatic N) is 2. The second kappa shape index (κ2) is 4.86. The molecule has 0 bridgehead atoms. The zero-order chi connectivity index (χ0) is 13.5. The highest BCUT2D eigenvalue weighted by Gasteiger charge is 2.26. The second-order valence-corrected chi connectivity index (χ2v) is 6.72. The van der Waals surface area contributed by atoms with Gasteiger partial charge in [-0.1, -0.05) is 24.3 Å². The van der Waals surface area contributed by atoms with Crippen LogP contribution in [0.15, 0.2) is 24.3 Å². The predicted octanol–water partition coefficient (Wildman–Crippen LogP) is 3.08. The molecule has 0 amide bonds. The number of thiazole rings is 1. The fourth-order valence-corrected chi connectivity index (χ4v) is 4.36. The Balaban J connectivity index is 1.63. The molecule has 1 atom stereocenters. The number of anilines is 1. The third kappa shape index (κ3) is 2.03. The number of hydrogen-bond donors (Lipinski definition) is 1. The molecule has 1 unspecified atom stereocenters. The molecule has 2 aromatic rings. The lowest BCUT2D eigenvalue weighted by molar-refractivity contribution is 0.153. The van der Waals surface area contributed by atoms with Gasteiger partial charge in [-0.25, -0.2) is 4.98 Å². The monoisotopic (exact) mass is 286 g/mol. The van der Waals surface area contributed by atoms with Gasteiger partial charge in [-0.05, 0) is 36.8 Å². The molecule has 4 heteroatoms. The summed E-state index contributed by atoms with van der Waals surface area (Å²) in [6, 6.07) is 8.67. The number of aryl methyl sites for hydroxylation is 1. The first-order chi connectivity index (χ1) is 9.81. The molecule has 2 aliphatic rings.